The molecule has 0 bridgehead atoms. The first-order valence-corrected chi connectivity index (χ1v) is 9.75. The van der Waals surface area contributed by atoms with Crippen LogP contribution in [0, 0.1) is 6.92 Å². The predicted octanol–water partition coefficient (Wildman–Crippen LogP) is 4.62. The number of ether oxygens (including phenoxy) is 3. The van der Waals surface area contributed by atoms with Crippen molar-refractivity contribution >= 4 is 34.6 Å². The molecule has 2 aliphatic heterocycles. The topological polar surface area (TPSA) is 43.0 Å². The van der Waals surface area contributed by atoms with Crippen LogP contribution < -0.4 is 19.5 Å². The van der Waals surface area contributed by atoms with E-state index in [0.717, 1.165) is 54.4 Å². The fraction of sp³-hybridized carbons (Fsp3) is 0.350. The van der Waals surface area contributed by atoms with Crippen molar-refractivity contribution in [2.75, 3.05) is 25.2 Å². The van der Waals surface area contributed by atoms with Crippen LogP contribution in [0.3, 0.4) is 0 Å². The Bertz CT molecular complexity index is 853. The summed E-state index contributed by atoms with van der Waals surface area (Å²) in [4.78, 5) is 2.16. The molecule has 142 valence electrons. The number of anilines is 1. The molecule has 2 aliphatic rings. The summed E-state index contributed by atoms with van der Waals surface area (Å²) < 4.78 is 16.8. The van der Waals surface area contributed by atoms with Crippen LogP contribution in [0.5, 0.6) is 17.2 Å². The summed E-state index contributed by atoms with van der Waals surface area (Å²) >= 11 is 11.8. The predicted molar refractivity (Wildman–Crippen MR) is 110 cm³/mol. The number of nitrogens with one attached hydrogen (secondary N) is 1. The van der Waals surface area contributed by atoms with Crippen LogP contribution in [-0.4, -0.2) is 36.0 Å². The van der Waals surface area contributed by atoms with E-state index in [2.05, 4.69) is 10.2 Å². The first-order chi connectivity index (χ1) is 13.1. The van der Waals surface area contributed by atoms with E-state index in [9.17, 15) is 0 Å². The van der Waals surface area contributed by atoms with Crippen LogP contribution in [0.15, 0.2) is 36.4 Å². The van der Waals surface area contributed by atoms with Gasteiger partial charge in [-0.3, -0.25) is 0 Å². The molecule has 1 fully saturated rings. The summed E-state index contributed by atoms with van der Waals surface area (Å²) in [5.41, 5.74) is 1.96. The third-order valence-corrected chi connectivity index (χ3v) is 5.42. The number of rotatable bonds is 3. The number of aryl methyl sites for hydroxylation is 1. The maximum absolute atomic E-state index is 6.29. The molecule has 0 amide bonds. The SMILES string of the molecule is Cc1ccc(NC(=S)N2CCC(Oc3ccc4c(c3)OCO4)CC2)c(Cl)c1. The quantitative estimate of drug-likeness (QED) is 0.753. The monoisotopic (exact) mass is 404 g/mol. The number of thiocarbonyl (C=S) groups is 1. The summed E-state index contributed by atoms with van der Waals surface area (Å²) in [5.74, 6) is 2.32. The van der Waals surface area contributed by atoms with Crippen LogP contribution in [0.4, 0.5) is 5.69 Å². The van der Waals surface area contributed by atoms with E-state index in [-0.39, 0.29) is 12.9 Å². The highest BCUT2D eigenvalue weighted by molar-refractivity contribution is 7.80. The zero-order valence-electron chi connectivity index (χ0n) is 15.0. The normalized spacial score (nSPS) is 16.3. The lowest BCUT2D eigenvalue weighted by Gasteiger charge is -2.34. The minimum atomic E-state index is 0.160. The van der Waals surface area contributed by atoms with Gasteiger partial charge in [-0.2, -0.15) is 0 Å². The highest BCUT2D eigenvalue weighted by atomic mass is 35.5. The average Bonchev–Trinajstić information content (AvgIpc) is 3.12. The Labute approximate surface area is 169 Å². The van der Waals surface area contributed by atoms with Gasteiger partial charge in [0.05, 0.1) is 10.7 Å². The molecule has 2 aromatic rings. The molecule has 0 radical (unpaired) electrons. The van der Waals surface area contributed by atoms with E-state index in [1.165, 1.54) is 0 Å². The second kappa shape index (κ2) is 7.82. The summed E-state index contributed by atoms with van der Waals surface area (Å²) in [6.07, 6.45) is 1.96. The Morgan fingerprint density at radius 1 is 1.15 bits per heavy atom. The van der Waals surface area contributed by atoms with Crippen molar-refractivity contribution in [2.45, 2.75) is 25.9 Å². The second-order valence-electron chi connectivity index (χ2n) is 6.73. The molecule has 0 aromatic heterocycles. The van der Waals surface area contributed by atoms with Crippen LogP contribution in [0.25, 0.3) is 0 Å². The van der Waals surface area contributed by atoms with Gasteiger partial charge < -0.3 is 24.4 Å². The fourth-order valence-electron chi connectivity index (χ4n) is 3.24. The molecule has 0 spiro atoms. The van der Waals surface area contributed by atoms with E-state index in [0.29, 0.717) is 10.1 Å². The third-order valence-electron chi connectivity index (χ3n) is 4.74. The van der Waals surface area contributed by atoms with E-state index < -0.39 is 0 Å². The van der Waals surface area contributed by atoms with Crippen molar-refractivity contribution in [1.82, 2.24) is 4.90 Å². The number of piperidine rings is 1. The first kappa shape index (κ1) is 18.2. The minimum absolute atomic E-state index is 0.160. The molecule has 1 N–H and O–H groups in total. The summed E-state index contributed by atoms with van der Waals surface area (Å²) in [5, 5.41) is 4.63. The molecular weight excluding hydrogens is 384 g/mol. The number of nitrogens with zero attached hydrogens (tertiary/aromatic N) is 1. The lowest BCUT2D eigenvalue weighted by molar-refractivity contribution is 0.131. The molecule has 5 nitrogen and oxygen atoms in total. The minimum Gasteiger partial charge on any atom is -0.490 e. The summed E-state index contributed by atoms with van der Waals surface area (Å²) in [6.45, 7) is 3.96. The Hall–Kier alpha value is -2.18. The smallest absolute Gasteiger partial charge is 0.231 e. The molecule has 0 aliphatic carbocycles. The zero-order valence-corrected chi connectivity index (χ0v) is 16.6. The fourth-order valence-corrected chi connectivity index (χ4v) is 3.81. The van der Waals surface area contributed by atoms with Crippen molar-refractivity contribution < 1.29 is 14.2 Å². The maximum atomic E-state index is 6.29. The number of benzene rings is 2. The first-order valence-electron chi connectivity index (χ1n) is 8.97. The molecule has 2 aromatic carbocycles. The summed E-state index contributed by atoms with van der Waals surface area (Å²) in [7, 11) is 0. The average molecular weight is 405 g/mol. The lowest BCUT2D eigenvalue weighted by Crippen LogP contribution is -2.43. The van der Waals surface area contributed by atoms with Gasteiger partial charge in [0.1, 0.15) is 11.9 Å². The molecule has 4 rings (SSSR count). The largest absolute Gasteiger partial charge is 0.490 e. The molecule has 0 saturated carbocycles. The van der Waals surface area contributed by atoms with Crippen molar-refractivity contribution in [3.05, 3.63) is 47.0 Å². The molecule has 27 heavy (non-hydrogen) atoms. The van der Waals surface area contributed by atoms with Crippen LogP contribution in [0.2, 0.25) is 5.02 Å². The molecular formula is C20H21ClN2O3S. The molecule has 2 heterocycles. The molecule has 7 heteroatoms. The van der Waals surface area contributed by atoms with Gasteiger partial charge in [-0.25, -0.2) is 0 Å². The Morgan fingerprint density at radius 2 is 1.93 bits per heavy atom. The third kappa shape index (κ3) is 4.22. The van der Waals surface area contributed by atoms with Gasteiger partial charge in [-0.15, -0.1) is 0 Å². The van der Waals surface area contributed by atoms with Crippen molar-refractivity contribution in [3.63, 3.8) is 0 Å². The Kier molecular flexibility index (Phi) is 5.27. The van der Waals surface area contributed by atoms with Gasteiger partial charge in [0.2, 0.25) is 6.79 Å². The number of fused-ring (bicyclic) bond motifs is 1. The molecule has 1 saturated heterocycles. The maximum Gasteiger partial charge on any atom is 0.231 e. The standard InChI is InChI=1S/C20H21ClN2O3S/c1-13-2-4-17(16(21)10-13)22-20(27)23-8-6-14(7-9-23)26-15-3-5-18-19(11-15)25-12-24-18/h2-5,10-11,14H,6-9,12H2,1H3,(H,22,27). The van der Waals surface area contributed by atoms with Gasteiger partial charge in [0.15, 0.2) is 16.6 Å². The number of halogens is 1. The Balaban J connectivity index is 1.30. The molecule has 0 atom stereocenters. The highest BCUT2D eigenvalue weighted by Gasteiger charge is 2.23. The van der Waals surface area contributed by atoms with E-state index in [1.54, 1.807) is 0 Å². The zero-order chi connectivity index (χ0) is 18.8. The second-order valence-corrected chi connectivity index (χ2v) is 7.53. The van der Waals surface area contributed by atoms with Crippen molar-refractivity contribution in [2.24, 2.45) is 0 Å². The molecule has 0 unspecified atom stereocenters. The van der Waals surface area contributed by atoms with E-state index in [1.807, 2.05) is 43.3 Å². The van der Waals surface area contributed by atoms with Crippen LogP contribution in [-0.2, 0) is 0 Å². The number of hydrogen-bond acceptors (Lipinski definition) is 4. The number of hydrogen-bond donors (Lipinski definition) is 1. The lowest BCUT2D eigenvalue weighted by atomic mass is 10.1. The van der Waals surface area contributed by atoms with Gasteiger partial charge in [0.25, 0.3) is 0 Å². The van der Waals surface area contributed by atoms with E-state index in [4.69, 9.17) is 38.0 Å². The van der Waals surface area contributed by atoms with Gasteiger partial charge in [-0.1, -0.05) is 17.7 Å². The van der Waals surface area contributed by atoms with Gasteiger partial charge in [-0.05, 0) is 49.0 Å². The van der Waals surface area contributed by atoms with Crippen LogP contribution in [0.1, 0.15) is 18.4 Å². The van der Waals surface area contributed by atoms with Crippen molar-refractivity contribution in [1.29, 1.82) is 0 Å². The number of likely N-dealkylation sites (tertiary alicyclic amines) is 1. The summed E-state index contributed by atoms with van der Waals surface area (Å²) in [6, 6.07) is 11.6. The van der Waals surface area contributed by atoms with Gasteiger partial charge in [0, 0.05) is 32.0 Å². The van der Waals surface area contributed by atoms with E-state index >= 15 is 0 Å². The van der Waals surface area contributed by atoms with Gasteiger partial charge >= 0.3 is 0 Å². The Morgan fingerprint density at radius 3 is 2.70 bits per heavy atom. The van der Waals surface area contributed by atoms with Crippen LogP contribution >= 0.6 is 23.8 Å². The highest BCUT2D eigenvalue weighted by Crippen LogP contribution is 2.36. The van der Waals surface area contributed by atoms with Crippen molar-refractivity contribution in [3.8, 4) is 17.2 Å².